The van der Waals surface area contributed by atoms with Crippen molar-refractivity contribution in [1.82, 2.24) is 4.72 Å². The number of hydrogen-bond acceptors (Lipinski definition) is 5. The number of benzene rings is 3. The Hall–Kier alpha value is -2.17. The molecule has 3 aromatic carbocycles. The molecule has 0 fully saturated rings. The highest BCUT2D eigenvalue weighted by atomic mass is 32.2. The summed E-state index contributed by atoms with van der Waals surface area (Å²) in [5.74, 6) is 0. The quantitative estimate of drug-likeness (QED) is 0.339. The second-order valence-electron chi connectivity index (χ2n) is 6.65. The van der Waals surface area contributed by atoms with Crippen LogP contribution in [-0.2, 0) is 30.8 Å². The maximum Gasteiger partial charge on any atom is 0.240 e. The van der Waals surface area contributed by atoms with Gasteiger partial charge in [0.05, 0.1) is 4.90 Å². The van der Waals surface area contributed by atoms with E-state index < -0.39 is 30.8 Å². The minimum Gasteiger partial charge on any atom is -0.396 e. The summed E-state index contributed by atoms with van der Waals surface area (Å²) in [6.07, 6.45) is 0.336. The van der Waals surface area contributed by atoms with E-state index in [1.54, 1.807) is 36.4 Å². The SMILES string of the molecule is O=S(=O)(NCCCO)c1ccc([S+]2c3ccccc3S(=O)(=O)c3ccccc32)cc1. The first-order valence-corrected chi connectivity index (χ1v) is 13.4. The number of aliphatic hydroxyl groups is 1. The average Bonchev–Trinajstić information content (AvgIpc) is 2.75. The third-order valence-corrected chi connectivity index (χ3v) is 10.7. The number of sulfonamides is 1. The minimum absolute atomic E-state index is 0.0913. The Morgan fingerprint density at radius 2 is 1.37 bits per heavy atom. The predicted molar refractivity (Wildman–Crippen MR) is 114 cm³/mol. The summed E-state index contributed by atoms with van der Waals surface area (Å²) in [6.45, 7) is 0.0650. The Morgan fingerprint density at radius 1 is 0.833 bits per heavy atom. The van der Waals surface area contributed by atoms with Crippen molar-refractivity contribution in [3.05, 3.63) is 72.8 Å². The molecule has 4 rings (SSSR count). The van der Waals surface area contributed by atoms with Crippen LogP contribution in [0.4, 0.5) is 0 Å². The van der Waals surface area contributed by atoms with E-state index in [2.05, 4.69) is 4.72 Å². The summed E-state index contributed by atoms with van der Waals surface area (Å²) in [6, 6.07) is 20.4. The minimum atomic E-state index is -3.67. The number of rotatable bonds is 6. The molecule has 0 aromatic heterocycles. The van der Waals surface area contributed by atoms with Crippen molar-refractivity contribution in [2.75, 3.05) is 13.2 Å². The van der Waals surface area contributed by atoms with E-state index in [0.717, 1.165) is 4.90 Å². The normalized spacial score (nSPS) is 15.4. The van der Waals surface area contributed by atoms with Crippen LogP contribution in [0.15, 0.2) is 102 Å². The van der Waals surface area contributed by atoms with E-state index in [1.165, 1.54) is 12.1 Å². The van der Waals surface area contributed by atoms with Crippen LogP contribution in [0.2, 0.25) is 0 Å². The highest BCUT2D eigenvalue weighted by molar-refractivity contribution is 8.00. The molecule has 1 aliphatic rings. The molecule has 9 heteroatoms. The van der Waals surface area contributed by atoms with Gasteiger partial charge in [0.2, 0.25) is 19.9 Å². The molecule has 2 N–H and O–H groups in total. The lowest BCUT2D eigenvalue weighted by Crippen LogP contribution is -2.25. The van der Waals surface area contributed by atoms with Crippen LogP contribution in [0.1, 0.15) is 6.42 Å². The van der Waals surface area contributed by atoms with E-state index >= 15 is 0 Å². The van der Waals surface area contributed by atoms with Gasteiger partial charge in [-0.3, -0.25) is 0 Å². The maximum absolute atomic E-state index is 13.1. The molecule has 30 heavy (non-hydrogen) atoms. The molecule has 0 radical (unpaired) electrons. The molecule has 0 amide bonds. The van der Waals surface area contributed by atoms with Gasteiger partial charge in [-0.1, -0.05) is 24.3 Å². The van der Waals surface area contributed by atoms with E-state index in [0.29, 0.717) is 16.2 Å². The molecule has 0 saturated carbocycles. The van der Waals surface area contributed by atoms with Gasteiger partial charge < -0.3 is 5.11 Å². The van der Waals surface area contributed by atoms with Crippen molar-refractivity contribution in [2.24, 2.45) is 0 Å². The largest absolute Gasteiger partial charge is 0.396 e. The van der Waals surface area contributed by atoms with Gasteiger partial charge in [-0.2, -0.15) is 0 Å². The van der Waals surface area contributed by atoms with Crippen LogP contribution in [0.25, 0.3) is 0 Å². The Labute approximate surface area is 178 Å². The van der Waals surface area contributed by atoms with Gasteiger partial charge in [0, 0.05) is 13.2 Å². The number of hydrogen-bond donors (Lipinski definition) is 2. The molecule has 0 spiro atoms. The molecule has 156 valence electrons. The number of nitrogens with one attached hydrogen (secondary N) is 1. The standard InChI is InChI=1S/C21H20NO5S3/c23-15-5-14-22-30(26,27)17-12-10-16(11-13-17)28-18-6-1-3-8-20(18)29(24,25)21-9-4-2-7-19(21)28/h1-4,6-13,22-23H,5,14-15H2/q+1. The van der Waals surface area contributed by atoms with Gasteiger partial charge in [0.25, 0.3) is 0 Å². The highest BCUT2D eigenvalue weighted by Crippen LogP contribution is 2.44. The molecule has 1 heterocycles. The molecule has 1 aliphatic heterocycles. The van der Waals surface area contributed by atoms with Crippen molar-refractivity contribution >= 4 is 30.8 Å². The predicted octanol–water partition coefficient (Wildman–Crippen LogP) is 2.59. The third kappa shape index (κ3) is 3.67. The third-order valence-electron chi connectivity index (χ3n) is 4.71. The van der Waals surface area contributed by atoms with Crippen molar-refractivity contribution in [3.63, 3.8) is 0 Å². The maximum atomic E-state index is 13.1. The lowest BCUT2D eigenvalue weighted by molar-refractivity contribution is 0.289. The number of fused-ring (bicyclic) bond motifs is 2. The molecule has 3 aromatic rings. The first-order valence-electron chi connectivity index (χ1n) is 9.24. The van der Waals surface area contributed by atoms with Gasteiger partial charge in [0.15, 0.2) is 14.7 Å². The Balaban J connectivity index is 1.79. The summed E-state index contributed by atoms with van der Waals surface area (Å²) in [4.78, 5) is 2.93. The second kappa shape index (κ2) is 8.16. The molecular weight excluding hydrogens is 442 g/mol. The Kier molecular flexibility index (Phi) is 5.73. The first kappa shape index (κ1) is 21.1. The zero-order valence-electron chi connectivity index (χ0n) is 15.9. The fraction of sp³-hybridized carbons (Fsp3) is 0.143. The van der Waals surface area contributed by atoms with E-state index in [9.17, 15) is 16.8 Å². The fourth-order valence-corrected chi connectivity index (χ4v) is 9.07. The summed E-state index contributed by atoms with van der Waals surface area (Å²) >= 11 is 0. The zero-order chi connectivity index (χ0) is 21.4. The van der Waals surface area contributed by atoms with E-state index in [1.807, 2.05) is 24.3 Å². The van der Waals surface area contributed by atoms with Crippen molar-refractivity contribution < 1.29 is 21.9 Å². The lowest BCUT2D eigenvalue weighted by Gasteiger charge is -2.19. The van der Waals surface area contributed by atoms with Gasteiger partial charge in [-0.15, -0.1) is 0 Å². The molecule has 0 bridgehead atoms. The van der Waals surface area contributed by atoms with E-state index in [-0.39, 0.29) is 27.8 Å². The molecule has 0 unspecified atom stereocenters. The van der Waals surface area contributed by atoms with Crippen LogP contribution >= 0.6 is 0 Å². The van der Waals surface area contributed by atoms with Crippen LogP contribution in [0.5, 0.6) is 0 Å². The number of sulfone groups is 1. The summed E-state index contributed by atoms with van der Waals surface area (Å²) in [5.41, 5.74) is 0. The number of aliphatic hydroxyl groups excluding tert-OH is 1. The van der Waals surface area contributed by atoms with Crippen LogP contribution in [0.3, 0.4) is 0 Å². The van der Waals surface area contributed by atoms with Crippen molar-refractivity contribution in [1.29, 1.82) is 0 Å². The first-order chi connectivity index (χ1) is 14.4. The van der Waals surface area contributed by atoms with Gasteiger partial charge in [-0.05, 0) is 55.0 Å². The van der Waals surface area contributed by atoms with E-state index in [4.69, 9.17) is 5.11 Å². The van der Waals surface area contributed by atoms with Gasteiger partial charge >= 0.3 is 0 Å². The summed E-state index contributed by atoms with van der Waals surface area (Å²) in [5, 5.41) is 8.83. The molecule has 0 aliphatic carbocycles. The highest BCUT2D eigenvalue weighted by Gasteiger charge is 2.44. The fourth-order valence-electron chi connectivity index (χ4n) is 3.30. The van der Waals surface area contributed by atoms with Crippen LogP contribution in [0, 0.1) is 0 Å². The smallest absolute Gasteiger partial charge is 0.240 e. The van der Waals surface area contributed by atoms with Gasteiger partial charge in [0.1, 0.15) is 20.7 Å². The summed E-state index contributed by atoms with van der Waals surface area (Å²) < 4.78 is 53.4. The average molecular weight is 463 g/mol. The monoisotopic (exact) mass is 462 g/mol. The molecule has 6 nitrogen and oxygen atoms in total. The van der Waals surface area contributed by atoms with Gasteiger partial charge in [-0.25, -0.2) is 21.6 Å². The van der Waals surface area contributed by atoms with Crippen molar-refractivity contribution in [2.45, 2.75) is 35.8 Å². The lowest BCUT2D eigenvalue weighted by atomic mass is 10.3. The second-order valence-corrected chi connectivity index (χ2v) is 12.3. The summed E-state index contributed by atoms with van der Waals surface area (Å²) in [7, 11) is -7.95. The Bertz CT molecular complexity index is 1230. The molecule has 0 atom stereocenters. The molecule has 0 saturated heterocycles. The van der Waals surface area contributed by atoms with Crippen molar-refractivity contribution in [3.8, 4) is 0 Å². The van der Waals surface area contributed by atoms with Crippen LogP contribution < -0.4 is 4.72 Å². The molecular formula is C21H20NO5S3+. The Morgan fingerprint density at radius 3 is 1.90 bits per heavy atom. The zero-order valence-corrected chi connectivity index (χ0v) is 18.3. The topological polar surface area (TPSA) is 101 Å². The van der Waals surface area contributed by atoms with Crippen LogP contribution in [-0.4, -0.2) is 35.1 Å².